The molecule has 3 N–H and O–H groups in total. The molecule has 0 aliphatic carbocycles. The van der Waals surface area contributed by atoms with Crippen LogP contribution in [0.1, 0.15) is 41.5 Å². The molecule has 0 aromatic carbocycles. The second-order valence-electron chi connectivity index (χ2n) is 9.04. The molecule has 0 aliphatic heterocycles. The molecule has 0 radical (unpaired) electrons. The summed E-state index contributed by atoms with van der Waals surface area (Å²) >= 11 is 0. The number of rotatable bonds is 9. The molecular weight excluding hydrogens is 338 g/mol. The van der Waals surface area contributed by atoms with Crippen LogP contribution in [0.5, 0.6) is 0 Å². The smallest absolute Gasteiger partial charge is 0.405 e. The maximum Gasteiger partial charge on any atom is 0.405 e. The molecule has 0 spiro atoms. The first-order chi connectivity index (χ1) is 11.1. The van der Waals surface area contributed by atoms with Gasteiger partial charge in [-0.1, -0.05) is 47.6 Å². The maximum atomic E-state index is 11.3. The number of carbonyl (C=O) groups is 1. The first-order valence-electron chi connectivity index (χ1n) is 8.67. The highest BCUT2D eigenvalue weighted by atomic mass is 28.4. The summed E-state index contributed by atoms with van der Waals surface area (Å²) in [5.41, 5.74) is -0.468. The number of carboxylic acid groups (broad SMARTS) is 1. The predicted octanol–water partition coefficient (Wildman–Crippen LogP) is 3.62. The Morgan fingerprint density at radius 2 is 1.76 bits per heavy atom. The minimum atomic E-state index is -2.24. The van der Waals surface area contributed by atoms with Gasteiger partial charge < -0.3 is 24.7 Å². The Balaban J connectivity index is 5.70. The molecule has 3 atom stereocenters. The normalized spacial score (nSPS) is 16.8. The topological polar surface area (TPSA) is 88.0 Å². The van der Waals surface area contributed by atoms with Gasteiger partial charge in [0.05, 0.1) is 31.5 Å². The Bertz CT molecular complexity index is 440. The average Bonchev–Trinajstić information content (AvgIpc) is 2.40. The fourth-order valence-electron chi connectivity index (χ4n) is 2.03. The molecule has 0 saturated heterocycles. The van der Waals surface area contributed by atoms with Gasteiger partial charge in [0.15, 0.2) is 8.32 Å². The summed E-state index contributed by atoms with van der Waals surface area (Å²) in [7, 11) is -2.24. The number of nitrogens with one attached hydrogen (secondary N) is 1. The Kier molecular flexibility index (Phi) is 8.84. The lowest BCUT2D eigenvalue weighted by atomic mass is 9.83. The number of ether oxygens (including phenoxy) is 1. The van der Waals surface area contributed by atoms with E-state index < -0.39 is 38.1 Å². The molecule has 0 rings (SSSR count). The molecule has 0 aromatic heterocycles. The van der Waals surface area contributed by atoms with Crippen LogP contribution in [0.15, 0.2) is 12.7 Å². The molecule has 0 bridgehead atoms. The fourth-order valence-corrected chi connectivity index (χ4v) is 3.36. The monoisotopic (exact) mass is 375 g/mol. The largest absolute Gasteiger partial charge is 0.465 e. The SMILES string of the molecule is C=CCOC[C@H](NC(=O)O)[C@H](O[Si](C)(C)C(C)(C)C)C(O)C(C)(C)C. The van der Waals surface area contributed by atoms with Gasteiger partial charge in [0.1, 0.15) is 0 Å². The number of amides is 1. The molecule has 0 heterocycles. The second-order valence-corrected chi connectivity index (χ2v) is 13.8. The lowest BCUT2D eigenvalue weighted by Crippen LogP contribution is -2.59. The van der Waals surface area contributed by atoms with Crippen LogP contribution in [0, 0.1) is 5.41 Å². The summed E-state index contributed by atoms with van der Waals surface area (Å²) in [5.74, 6) is 0. The van der Waals surface area contributed by atoms with Gasteiger partial charge in [-0.3, -0.25) is 0 Å². The Morgan fingerprint density at radius 1 is 1.24 bits per heavy atom. The van der Waals surface area contributed by atoms with Crippen molar-refractivity contribution < 1.29 is 24.2 Å². The lowest BCUT2D eigenvalue weighted by molar-refractivity contribution is -0.0638. The van der Waals surface area contributed by atoms with E-state index >= 15 is 0 Å². The van der Waals surface area contributed by atoms with E-state index in [1.807, 2.05) is 20.8 Å². The van der Waals surface area contributed by atoms with Crippen molar-refractivity contribution in [2.24, 2.45) is 5.41 Å². The molecule has 25 heavy (non-hydrogen) atoms. The fraction of sp³-hybridized carbons (Fsp3) is 0.833. The van der Waals surface area contributed by atoms with Crippen molar-refractivity contribution in [3.05, 3.63) is 12.7 Å². The minimum Gasteiger partial charge on any atom is -0.465 e. The van der Waals surface area contributed by atoms with Crippen molar-refractivity contribution in [1.82, 2.24) is 5.32 Å². The van der Waals surface area contributed by atoms with Crippen molar-refractivity contribution in [1.29, 1.82) is 0 Å². The summed E-state index contributed by atoms with van der Waals surface area (Å²) < 4.78 is 11.9. The summed E-state index contributed by atoms with van der Waals surface area (Å²) in [6.07, 6.45) is -1.13. The van der Waals surface area contributed by atoms with Crippen LogP contribution in [0.4, 0.5) is 4.79 Å². The zero-order chi connectivity index (χ0) is 20.1. The van der Waals surface area contributed by atoms with Crippen LogP contribution in [-0.4, -0.2) is 56.1 Å². The zero-order valence-electron chi connectivity index (χ0n) is 17.0. The van der Waals surface area contributed by atoms with Crippen molar-refractivity contribution in [3.63, 3.8) is 0 Å². The van der Waals surface area contributed by atoms with Gasteiger partial charge in [-0.2, -0.15) is 0 Å². The number of aliphatic hydroxyl groups excluding tert-OH is 1. The van der Waals surface area contributed by atoms with Crippen molar-refractivity contribution in [3.8, 4) is 0 Å². The van der Waals surface area contributed by atoms with Gasteiger partial charge in [0, 0.05) is 0 Å². The second kappa shape index (κ2) is 9.16. The zero-order valence-corrected chi connectivity index (χ0v) is 18.0. The molecule has 0 fully saturated rings. The highest BCUT2D eigenvalue weighted by molar-refractivity contribution is 6.74. The Labute approximate surface area is 153 Å². The van der Waals surface area contributed by atoms with E-state index in [-0.39, 0.29) is 11.6 Å². The maximum absolute atomic E-state index is 11.3. The molecule has 7 heteroatoms. The molecule has 6 nitrogen and oxygen atoms in total. The van der Waals surface area contributed by atoms with Crippen LogP contribution < -0.4 is 5.32 Å². The van der Waals surface area contributed by atoms with Crippen molar-refractivity contribution in [2.75, 3.05) is 13.2 Å². The summed E-state index contributed by atoms with van der Waals surface area (Å²) in [6.45, 7) is 20.2. The predicted molar refractivity (Wildman–Crippen MR) is 103 cm³/mol. The van der Waals surface area contributed by atoms with Crippen LogP contribution in [0.25, 0.3) is 0 Å². The quantitative estimate of drug-likeness (QED) is 0.325. The average molecular weight is 376 g/mol. The third-order valence-electron chi connectivity index (χ3n) is 4.67. The summed E-state index contributed by atoms with van der Waals surface area (Å²) in [6, 6.07) is -0.680. The van der Waals surface area contributed by atoms with Crippen LogP contribution >= 0.6 is 0 Å². The first-order valence-corrected chi connectivity index (χ1v) is 11.6. The van der Waals surface area contributed by atoms with Gasteiger partial charge in [-0.25, -0.2) is 4.79 Å². The van der Waals surface area contributed by atoms with E-state index in [1.54, 1.807) is 6.08 Å². The van der Waals surface area contributed by atoms with Gasteiger partial charge in [-0.15, -0.1) is 6.58 Å². The van der Waals surface area contributed by atoms with E-state index in [0.717, 1.165) is 0 Å². The van der Waals surface area contributed by atoms with Crippen molar-refractivity contribution in [2.45, 2.75) is 77.9 Å². The van der Waals surface area contributed by atoms with Gasteiger partial charge in [-0.05, 0) is 23.5 Å². The van der Waals surface area contributed by atoms with Crippen LogP contribution in [-0.2, 0) is 9.16 Å². The summed E-state index contributed by atoms with van der Waals surface area (Å²) in [4.78, 5) is 11.3. The standard InChI is InChI=1S/C18H37NO5Si/c1-10-11-23-12-13(19-16(21)22)14(15(20)17(2,3)4)24-25(8,9)18(5,6)7/h10,13-15,19-20H,1,11-12H2,2-9H3,(H,21,22)/t13-,14-,15?/m0/s1. The highest BCUT2D eigenvalue weighted by Gasteiger charge is 2.45. The Morgan fingerprint density at radius 3 is 2.12 bits per heavy atom. The minimum absolute atomic E-state index is 0.0708. The molecule has 1 amide bonds. The lowest BCUT2D eigenvalue weighted by Gasteiger charge is -2.45. The molecular formula is C18H37NO5Si. The third kappa shape index (κ3) is 7.90. The van der Waals surface area contributed by atoms with Gasteiger partial charge >= 0.3 is 6.09 Å². The molecule has 0 saturated carbocycles. The molecule has 1 unspecified atom stereocenters. The van der Waals surface area contributed by atoms with Gasteiger partial charge in [0.25, 0.3) is 0 Å². The molecule has 0 aliphatic rings. The van der Waals surface area contributed by atoms with E-state index in [9.17, 15) is 15.0 Å². The highest BCUT2D eigenvalue weighted by Crippen LogP contribution is 2.39. The van der Waals surface area contributed by atoms with Crippen molar-refractivity contribution >= 4 is 14.4 Å². The molecule has 0 aromatic rings. The van der Waals surface area contributed by atoms with E-state index in [2.05, 4.69) is 45.8 Å². The van der Waals surface area contributed by atoms with E-state index in [0.29, 0.717) is 6.61 Å². The van der Waals surface area contributed by atoms with E-state index in [1.165, 1.54) is 0 Å². The van der Waals surface area contributed by atoms with Gasteiger partial charge in [0.2, 0.25) is 0 Å². The Hall–Kier alpha value is -0.893. The molecule has 148 valence electrons. The van der Waals surface area contributed by atoms with Crippen LogP contribution in [0.3, 0.4) is 0 Å². The van der Waals surface area contributed by atoms with Crippen LogP contribution in [0.2, 0.25) is 18.1 Å². The summed E-state index contributed by atoms with van der Waals surface area (Å²) in [5, 5.41) is 22.5. The number of hydrogen-bond acceptors (Lipinski definition) is 4. The third-order valence-corrected chi connectivity index (χ3v) is 9.15. The number of aliphatic hydroxyl groups is 1. The van der Waals surface area contributed by atoms with E-state index in [4.69, 9.17) is 9.16 Å². The number of hydrogen-bond donors (Lipinski definition) is 3. The first kappa shape index (κ1) is 24.1.